The Kier molecular flexibility index (Phi) is 3.14. The number of amides is 1. The molecule has 6 heteroatoms. The Labute approximate surface area is 114 Å². The number of carbonyl (C=O) groups excluding carboxylic acids is 1. The van der Waals surface area contributed by atoms with Gasteiger partial charge in [0.25, 0.3) is 0 Å². The minimum atomic E-state index is -0.605. The molecule has 5 nitrogen and oxygen atoms in total. The Morgan fingerprint density at radius 1 is 1.50 bits per heavy atom. The topological polar surface area (TPSA) is 59.8 Å². The molecule has 2 aromatic heterocycles. The first-order chi connectivity index (χ1) is 8.29. The van der Waals surface area contributed by atoms with Gasteiger partial charge in [0.15, 0.2) is 5.65 Å². The molecule has 0 radical (unpaired) electrons. The highest BCUT2D eigenvalue weighted by Crippen LogP contribution is 2.22. The minimum Gasteiger partial charge on any atom is -0.323 e. The van der Waals surface area contributed by atoms with Gasteiger partial charge >= 0.3 is 0 Å². The molecule has 96 valence electrons. The van der Waals surface area contributed by atoms with Crippen molar-refractivity contribution in [3.05, 3.63) is 18.0 Å². The van der Waals surface area contributed by atoms with Gasteiger partial charge in [-0.1, -0.05) is 15.9 Å². The maximum absolute atomic E-state index is 11.9. The molecule has 2 rings (SSSR count). The standard InChI is InChI=1S/C12H15BrN4O/c1-7-9-5-8(15-11(18)12(2,3)13)6-14-10(9)17(4)16-7/h5-6H,1-4H3,(H,15,18). The Bertz CT molecular complexity index is 612. The van der Waals surface area contributed by atoms with Gasteiger partial charge in [-0.15, -0.1) is 0 Å². The largest absolute Gasteiger partial charge is 0.323 e. The maximum atomic E-state index is 11.9. The van der Waals surface area contributed by atoms with Crippen LogP contribution in [0.1, 0.15) is 19.5 Å². The van der Waals surface area contributed by atoms with Gasteiger partial charge in [0, 0.05) is 12.4 Å². The predicted octanol–water partition coefficient (Wildman–Crippen LogP) is 2.39. The minimum absolute atomic E-state index is 0.106. The highest BCUT2D eigenvalue weighted by Gasteiger charge is 2.23. The number of aromatic nitrogens is 3. The van der Waals surface area contributed by atoms with Gasteiger partial charge in [0.2, 0.25) is 5.91 Å². The Hall–Kier alpha value is -1.43. The Balaban J connectivity index is 2.36. The van der Waals surface area contributed by atoms with Gasteiger partial charge in [0.05, 0.1) is 21.9 Å². The zero-order valence-corrected chi connectivity index (χ0v) is 12.4. The van der Waals surface area contributed by atoms with Crippen LogP contribution in [0.5, 0.6) is 0 Å². The van der Waals surface area contributed by atoms with Crippen molar-refractivity contribution in [2.45, 2.75) is 25.1 Å². The second kappa shape index (κ2) is 4.35. The van der Waals surface area contributed by atoms with Crippen LogP contribution in [0.25, 0.3) is 11.0 Å². The lowest BCUT2D eigenvalue weighted by molar-refractivity contribution is -0.117. The molecule has 0 aliphatic heterocycles. The van der Waals surface area contributed by atoms with Crippen molar-refractivity contribution >= 4 is 38.6 Å². The van der Waals surface area contributed by atoms with Crippen molar-refractivity contribution in [2.75, 3.05) is 5.32 Å². The molecule has 0 bridgehead atoms. The molecule has 18 heavy (non-hydrogen) atoms. The summed E-state index contributed by atoms with van der Waals surface area (Å²) in [4.78, 5) is 16.2. The fraction of sp³-hybridized carbons (Fsp3) is 0.417. The van der Waals surface area contributed by atoms with E-state index >= 15 is 0 Å². The van der Waals surface area contributed by atoms with Crippen LogP contribution in [0.3, 0.4) is 0 Å². The molecule has 0 spiro atoms. The van der Waals surface area contributed by atoms with Gasteiger partial charge < -0.3 is 5.32 Å². The fourth-order valence-corrected chi connectivity index (χ4v) is 1.76. The highest BCUT2D eigenvalue weighted by atomic mass is 79.9. The average molecular weight is 311 g/mol. The second-order valence-electron chi connectivity index (χ2n) is 4.73. The summed E-state index contributed by atoms with van der Waals surface area (Å²) in [5.74, 6) is -0.106. The van der Waals surface area contributed by atoms with Crippen LogP contribution >= 0.6 is 15.9 Å². The van der Waals surface area contributed by atoms with Gasteiger partial charge in [-0.25, -0.2) is 4.98 Å². The molecule has 2 heterocycles. The molecule has 0 aliphatic rings. The van der Waals surface area contributed by atoms with E-state index in [-0.39, 0.29) is 5.91 Å². The number of hydrogen-bond donors (Lipinski definition) is 1. The number of anilines is 1. The highest BCUT2D eigenvalue weighted by molar-refractivity contribution is 9.10. The number of pyridine rings is 1. The first kappa shape index (κ1) is 13.0. The maximum Gasteiger partial charge on any atom is 0.240 e. The van der Waals surface area contributed by atoms with E-state index in [2.05, 4.69) is 31.3 Å². The lowest BCUT2D eigenvalue weighted by Gasteiger charge is -2.15. The van der Waals surface area contributed by atoms with E-state index in [0.29, 0.717) is 5.69 Å². The van der Waals surface area contributed by atoms with Crippen LogP contribution < -0.4 is 5.32 Å². The molecule has 0 fully saturated rings. The van der Waals surface area contributed by atoms with Crippen LogP contribution in [0.2, 0.25) is 0 Å². The molecule has 0 aromatic carbocycles. The second-order valence-corrected chi connectivity index (χ2v) is 6.71. The average Bonchev–Trinajstić information content (AvgIpc) is 2.53. The third-order valence-corrected chi connectivity index (χ3v) is 3.02. The van der Waals surface area contributed by atoms with Crippen LogP contribution in [0.4, 0.5) is 5.69 Å². The molecule has 1 amide bonds. The van der Waals surface area contributed by atoms with E-state index in [1.165, 1.54) is 0 Å². The molecule has 0 atom stereocenters. The third-order valence-electron chi connectivity index (χ3n) is 2.66. The molecule has 2 aromatic rings. The zero-order valence-electron chi connectivity index (χ0n) is 10.8. The summed E-state index contributed by atoms with van der Waals surface area (Å²) in [5, 5.41) is 8.06. The number of halogens is 1. The lowest BCUT2D eigenvalue weighted by atomic mass is 10.2. The van der Waals surface area contributed by atoms with Gasteiger partial charge in [0.1, 0.15) is 0 Å². The number of hydrogen-bond acceptors (Lipinski definition) is 3. The summed E-state index contributed by atoms with van der Waals surface area (Å²) < 4.78 is 1.12. The summed E-state index contributed by atoms with van der Waals surface area (Å²) in [7, 11) is 1.85. The quantitative estimate of drug-likeness (QED) is 0.866. The summed E-state index contributed by atoms with van der Waals surface area (Å²) >= 11 is 3.32. The Morgan fingerprint density at radius 3 is 2.78 bits per heavy atom. The predicted molar refractivity (Wildman–Crippen MR) is 74.9 cm³/mol. The molecule has 0 unspecified atom stereocenters. The summed E-state index contributed by atoms with van der Waals surface area (Å²) in [5.41, 5.74) is 2.38. The molecular weight excluding hydrogens is 296 g/mol. The third kappa shape index (κ3) is 2.38. The molecule has 0 aliphatic carbocycles. The normalized spacial score (nSPS) is 11.8. The number of aryl methyl sites for hydroxylation is 2. The van der Waals surface area contributed by atoms with Gasteiger partial charge in [-0.3, -0.25) is 9.48 Å². The van der Waals surface area contributed by atoms with Crippen molar-refractivity contribution in [1.82, 2.24) is 14.8 Å². The lowest BCUT2D eigenvalue weighted by Crippen LogP contribution is -2.30. The van der Waals surface area contributed by atoms with E-state index in [0.717, 1.165) is 16.7 Å². The SMILES string of the molecule is Cc1nn(C)c2ncc(NC(=O)C(C)(C)Br)cc12. The summed E-state index contributed by atoms with van der Waals surface area (Å²) in [6, 6.07) is 1.89. The van der Waals surface area contributed by atoms with E-state index in [9.17, 15) is 4.79 Å². The Morgan fingerprint density at radius 2 is 2.17 bits per heavy atom. The van der Waals surface area contributed by atoms with Crippen molar-refractivity contribution in [3.63, 3.8) is 0 Å². The number of rotatable bonds is 2. The van der Waals surface area contributed by atoms with E-state index in [1.807, 2.05) is 20.0 Å². The molecule has 0 saturated heterocycles. The van der Waals surface area contributed by atoms with Crippen molar-refractivity contribution < 1.29 is 4.79 Å². The van der Waals surface area contributed by atoms with Crippen LogP contribution in [-0.4, -0.2) is 25.0 Å². The van der Waals surface area contributed by atoms with E-state index < -0.39 is 4.32 Å². The monoisotopic (exact) mass is 310 g/mol. The number of carbonyl (C=O) groups is 1. The van der Waals surface area contributed by atoms with Crippen molar-refractivity contribution in [2.24, 2.45) is 7.05 Å². The van der Waals surface area contributed by atoms with Crippen molar-refractivity contribution in [3.8, 4) is 0 Å². The number of fused-ring (bicyclic) bond motifs is 1. The zero-order chi connectivity index (χ0) is 13.5. The smallest absolute Gasteiger partial charge is 0.240 e. The number of nitrogens with one attached hydrogen (secondary N) is 1. The van der Waals surface area contributed by atoms with Gasteiger partial charge in [-0.05, 0) is 26.8 Å². The van der Waals surface area contributed by atoms with Gasteiger partial charge in [-0.2, -0.15) is 5.10 Å². The molecule has 0 saturated carbocycles. The molecule has 1 N–H and O–H groups in total. The van der Waals surface area contributed by atoms with Crippen LogP contribution in [0.15, 0.2) is 12.3 Å². The number of alkyl halides is 1. The fourth-order valence-electron chi connectivity index (χ4n) is 1.66. The van der Waals surface area contributed by atoms with E-state index in [4.69, 9.17) is 0 Å². The number of nitrogens with zero attached hydrogens (tertiary/aromatic N) is 3. The summed E-state index contributed by atoms with van der Waals surface area (Å²) in [6.45, 7) is 5.51. The first-order valence-electron chi connectivity index (χ1n) is 5.59. The van der Waals surface area contributed by atoms with Crippen LogP contribution in [0, 0.1) is 6.92 Å². The molecular formula is C12H15BrN4O. The summed E-state index contributed by atoms with van der Waals surface area (Å²) in [6.07, 6.45) is 1.64. The van der Waals surface area contributed by atoms with E-state index in [1.54, 1.807) is 24.7 Å². The van der Waals surface area contributed by atoms with Crippen molar-refractivity contribution in [1.29, 1.82) is 0 Å². The van der Waals surface area contributed by atoms with Crippen LogP contribution in [-0.2, 0) is 11.8 Å². The first-order valence-corrected chi connectivity index (χ1v) is 6.38.